The van der Waals surface area contributed by atoms with Crippen molar-refractivity contribution in [3.05, 3.63) is 53.0 Å². The van der Waals surface area contributed by atoms with Crippen molar-refractivity contribution < 1.29 is 18.7 Å². The monoisotopic (exact) mass is 386 g/mol. The molecule has 0 radical (unpaired) electrons. The molecule has 0 fully saturated rings. The molecule has 0 spiro atoms. The molecule has 1 aliphatic rings. The lowest BCUT2D eigenvalue weighted by molar-refractivity contribution is 0.0540. The zero-order valence-corrected chi connectivity index (χ0v) is 17.1. The average molecular weight is 386 g/mol. The maximum absolute atomic E-state index is 13.2. The molecule has 0 N–H and O–H groups in total. The van der Waals surface area contributed by atoms with Crippen LogP contribution in [0.25, 0.3) is 0 Å². The fraction of sp³-hybridized carbons (Fsp3) is 0.455. The first-order valence-corrected chi connectivity index (χ1v) is 9.58. The molecule has 1 atom stereocenters. The summed E-state index contributed by atoms with van der Waals surface area (Å²) in [6.07, 6.45) is 0.924. The highest BCUT2D eigenvalue weighted by Gasteiger charge is 2.35. The first kappa shape index (κ1) is 20.1. The lowest BCUT2D eigenvalue weighted by Crippen LogP contribution is -2.48. The van der Waals surface area contributed by atoms with E-state index < -0.39 is 11.7 Å². The number of hydrogen-bond donors (Lipinski definition) is 0. The van der Waals surface area contributed by atoms with Crippen LogP contribution in [0.1, 0.15) is 50.9 Å². The molecule has 6 heteroatoms. The van der Waals surface area contributed by atoms with Crippen LogP contribution in [0.4, 0.5) is 14.9 Å². The summed E-state index contributed by atoms with van der Waals surface area (Å²) in [7, 11) is 0. The molecule has 3 rings (SSSR count). The molecule has 1 aromatic carbocycles. The molecule has 0 saturated heterocycles. The Morgan fingerprint density at radius 2 is 2.00 bits per heavy atom. The van der Waals surface area contributed by atoms with Crippen molar-refractivity contribution in [2.75, 3.05) is 11.5 Å². The number of halogens is 1. The number of nitrogens with zero attached hydrogens (tertiary/aromatic N) is 2. The number of hydrogen-bond acceptors (Lipinski definition) is 4. The zero-order valence-electron chi connectivity index (χ0n) is 17.1. The standard InChI is InChI=1S/C22H27FN2O3/c1-6-18-13-27-20-19(25(18)21(26)28-22(3,4)5)12-16(14(2)24-20)11-15-7-9-17(23)10-8-15/h7-10,12,18H,6,11,13H2,1-5H3/t18-/m0/s1. The maximum atomic E-state index is 13.2. The van der Waals surface area contributed by atoms with Crippen LogP contribution in [0.5, 0.6) is 5.88 Å². The highest BCUT2D eigenvalue weighted by molar-refractivity contribution is 5.91. The highest BCUT2D eigenvalue weighted by Crippen LogP contribution is 2.36. The van der Waals surface area contributed by atoms with E-state index in [1.54, 1.807) is 17.0 Å². The largest absolute Gasteiger partial charge is 0.474 e. The summed E-state index contributed by atoms with van der Waals surface area (Å²) in [4.78, 5) is 19.2. The molecule has 0 bridgehead atoms. The first-order valence-electron chi connectivity index (χ1n) is 9.58. The molecule has 0 aliphatic carbocycles. The molecule has 2 heterocycles. The number of carbonyl (C=O) groups excluding carboxylic acids is 1. The number of aromatic nitrogens is 1. The van der Waals surface area contributed by atoms with Gasteiger partial charge in [0.05, 0.1) is 6.04 Å². The number of anilines is 1. The normalized spacial score (nSPS) is 16.4. The Morgan fingerprint density at radius 3 is 2.61 bits per heavy atom. The number of ether oxygens (including phenoxy) is 2. The third kappa shape index (κ3) is 4.43. The Morgan fingerprint density at radius 1 is 1.32 bits per heavy atom. The fourth-order valence-corrected chi connectivity index (χ4v) is 3.20. The van der Waals surface area contributed by atoms with Crippen LogP contribution in [0.3, 0.4) is 0 Å². The van der Waals surface area contributed by atoms with Gasteiger partial charge in [0.15, 0.2) is 0 Å². The molecule has 0 unspecified atom stereocenters. The minimum absolute atomic E-state index is 0.120. The van der Waals surface area contributed by atoms with Crippen LogP contribution in [0.15, 0.2) is 30.3 Å². The number of pyridine rings is 1. The van der Waals surface area contributed by atoms with E-state index in [1.807, 2.05) is 40.7 Å². The summed E-state index contributed by atoms with van der Waals surface area (Å²) in [5.74, 6) is 0.176. The molecule has 2 aromatic rings. The average Bonchev–Trinajstić information content (AvgIpc) is 2.61. The third-order valence-corrected chi connectivity index (χ3v) is 4.67. The molecular weight excluding hydrogens is 359 g/mol. The van der Waals surface area contributed by atoms with Gasteiger partial charge in [0.1, 0.15) is 23.7 Å². The van der Waals surface area contributed by atoms with Crippen LogP contribution in [0.2, 0.25) is 0 Å². The van der Waals surface area contributed by atoms with Gasteiger partial charge in [0.25, 0.3) is 0 Å². The maximum Gasteiger partial charge on any atom is 0.415 e. The van der Waals surface area contributed by atoms with Crippen molar-refractivity contribution in [2.24, 2.45) is 0 Å². The summed E-state index contributed by atoms with van der Waals surface area (Å²) in [5, 5.41) is 0. The number of carbonyl (C=O) groups is 1. The Labute approximate surface area is 165 Å². The van der Waals surface area contributed by atoms with Gasteiger partial charge >= 0.3 is 6.09 Å². The van der Waals surface area contributed by atoms with Crippen LogP contribution in [-0.2, 0) is 11.2 Å². The lowest BCUT2D eigenvalue weighted by atomic mass is 10.0. The molecule has 1 aromatic heterocycles. The fourth-order valence-electron chi connectivity index (χ4n) is 3.20. The van der Waals surface area contributed by atoms with E-state index in [-0.39, 0.29) is 11.9 Å². The van der Waals surface area contributed by atoms with Gasteiger partial charge in [-0.15, -0.1) is 0 Å². The van der Waals surface area contributed by atoms with Gasteiger partial charge in [0, 0.05) is 5.69 Å². The second-order valence-corrected chi connectivity index (χ2v) is 8.08. The molecule has 5 nitrogen and oxygen atoms in total. The molecule has 1 aliphatic heterocycles. The van der Waals surface area contributed by atoms with Crippen LogP contribution in [0, 0.1) is 12.7 Å². The van der Waals surface area contributed by atoms with Crippen molar-refractivity contribution in [2.45, 2.75) is 59.1 Å². The minimum Gasteiger partial charge on any atom is -0.474 e. The van der Waals surface area contributed by atoms with Gasteiger partial charge < -0.3 is 9.47 Å². The summed E-state index contributed by atoms with van der Waals surface area (Å²) in [5.41, 5.74) is 2.78. The van der Waals surface area contributed by atoms with E-state index in [9.17, 15) is 9.18 Å². The Bertz CT molecular complexity index is 859. The molecule has 150 valence electrons. The van der Waals surface area contributed by atoms with Gasteiger partial charge in [-0.3, -0.25) is 4.90 Å². The first-order chi connectivity index (χ1) is 13.2. The Kier molecular flexibility index (Phi) is 5.59. The van der Waals surface area contributed by atoms with E-state index in [0.29, 0.717) is 24.6 Å². The Hall–Kier alpha value is -2.63. The smallest absolute Gasteiger partial charge is 0.415 e. The van der Waals surface area contributed by atoms with Crippen molar-refractivity contribution in [1.82, 2.24) is 4.98 Å². The summed E-state index contributed by atoms with van der Waals surface area (Å²) >= 11 is 0. The summed E-state index contributed by atoms with van der Waals surface area (Å²) < 4.78 is 24.7. The van der Waals surface area contributed by atoms with Crippen molar-refractivity contribution in [3.63, 3.8) is 0 Å². The SMILES string of the molecule is CC[C@H]1COc2nc(C)c(Cc3ccc(F)cc3)cc2N1C(=O)OC(C)(C)C. The predicted octanol–water partition coefficient (Wildman–Crippen LogP) is 5.03. The topological polar surface area (TPSA) is 51.7 Å². The van der Waals surface area contributed by atoms with Crippen LogP contribution in [-0.4, -0.2) is 29.3 Å². The van der Waals surface area contributed by atoms with Crippen molar-refractivity contribution in [1.29, 1.82) is 0 Å². The van der Waals surface area contributed by atoms with Gasteiger partial charge in [0.2, 0.25) is 5.88 Å². The number of fused-ring (bicyclic) bond motifs is 1. The van der Waals surface area contributed by atoms with Gasteiger partial charge in [-0.05, 0) is 69.9 Å². The van der Waals surface area contributed by atoms with Gasteiger partial charge in [-0.25, -0.2) is 14.2 Å². The van der Waals surface area contributed by atoms with E-state index in [2.05, 4.69) is 4.98 Å². The van der Waals surface area contributed by atoms with Crippen LogP contribution >= 0.6 is 0 Å². The number of benzene rings is 1. The summed E-state index contributed by atoms with van der Waals surface area (Å²) in [6, 6.07) is 8.22. The van der Waals surface area contributed by atoms with E-state index in [0.717, 1.165) is 23.2 Å². The predicted molar refractivity (Wildman–Crippen MR) is 106 cm³/mol. The molecular formula is C22H27FN2O3. The Balaban J connectivity index is 1.98. The van der Waals surface area contributed by atoms with E-state index in [4.69, 9.17) is 9.47 Å². The van der Waals surface area contributed by atoms with E-state index in [1.165, 1.54) is 12.1 Å². The molecule has 28 heavy (non-hydrogen) atoms. The second kappa shape index (κ2) is 7.78. The van der Waals surface area contributed by atoms with Gasteiger partial charge in [-0.2, -0.15) is 0 Å². The second-order valence-electron chi connectivity index (χ2n) is 8.08. The van der Waals surface area contributed by atoms with E-state index >= 15 is 0 Å². The van der Waals surface area contributed by atoms with Gasteiger partial charge in [-0.1, -0.05) is 19.1 Å². The number of aryl methyl sites for hydroxylation is 1. The van der Waals surface area contributed by atoms with Crippen LogP contribution < -0.4 is 9.64 Å². The molecule has 1 amide bonds. The third-order valence-electron chi connectivity index (χ3n) is 4.67. The quantitative estimate of drug-likeness (QED) is 0.742. The van der Waals surface area contributed by atoms with Crippen molar-refractivity contribution >= 4 is 11.8 Å². The van der Waals surface area contributed by atoms with Crippen molar-refractivity contribution in [3.8, 4) is 5.88 Å². The number of amides is 1. The highest BCUT2D eigenvalue weighted by atomic mass is 19.1. The minimum atomic E-state index is -0.594. The zero-order chi connectivity index (χ0) is 20.5. The summed E-state index contributed by atoms with van der Waals surface area (Å²) in [6.45, 7) is 9.85. The molecule has 0 saturated carbocycles. The lowest BCUT2D eigenvalue weighted by Gasteiger charge is -2.37. The number of rotatable bonds is 3.